The molecule has 2 rings (SSSR count). The lowest BCUT2D eigenvalue weighted by molar-refractivity contribution is 0.356. The van der Waals surface area contributed by atoms with E-state index in [1.165, 1.54) is 0 Å². The highest BCUT2D eigenvalue weighted by molar-refractivity contribution is 9.10. The minimum absolute atomic E-state index is 0.747. The largest absolute Gasteiger partial charge is 0.493 e. The van der Waals surface area contributed by atoms with Crippen LogP contribution in [-0.4, -0.2) is 14.2 Å². The zero-order valence-corrected chi connectivity index (χ0v) is 10.2. The van der Waals surface area contributed by atoms with Gasteiger partial charge in [0.25, 0.3) is 0 Å². The van der Waals surface area contributed by atoms with Crippen molar-refractivity contribution in [2.24, 2.45) is 0 Å². The second kappa shape index (κ2) is 4.11. The Bertz CT molecular complexity index is 494. The van der Waals surface area contributed by atoms with Gasteiger partial charge in [-0.05, 0) is 29.0 Å². The van der Waals surface area contributed by atoms with Crippen molar-refractivity contribution in [2.45, 2.75) is 0 Å². The summed E-state index contributed by atoms with van der Waals surface area (Å²) in [4.78, 5) is 0. The van der Waals surface area contributed by atoms with E-state index in [9.17, 15) is 0 Å². The highest BCUT2D eigenvalue weighted by atomic mass is 79.9. The molecule has 0 aliphatic heterocycles. The van der Waals surface area contributed by atoms with E-state index in [0.29, 0.717) is 0 Å². The molecule has 0 atom stereocenters. The van der Waals surface area contributed by atoms with E-state index in [1.807, 2.05) is 30.3 Å². The van der Waals surface area contributed by atoms with Gasteiger partial charge in [-0.3, -0.25) is 0 Å². The Kier molecular flexibility index (Phi) is 2.82. The predicted octanol–water partition coefficient (Wildman–Crippen LogP) is 3.62. The Morgan fingerprint density at radius 3 is 2.33 bits per heavy atom. The van der Waals surface area contributed by atoms with E-state index in [4.69, 9.17) is 9.47 Å². The van der Waals surface area contributed by atoms with Crippen molar-refractivity contribution in [3.05, 3.63) is 34.8 Å². The van der Waals surface area contributed by atoms with Crippen LogP contribution in [0.25, 0.3) is 10.8 Å². The molecule has 0 amide bonds. The van der Waals surface area contributed by atoms with Crippen molar-refractivity contribution >= 4 is 26.7 Å². The van der Waals surface area contributed by atoms with Crippen LogP contribution in [0.4, 0.5) is 0 Å². The number of hydrogen-bond acceptors (Lipinski definition) is 2. The molecule has 0 aliphatic rings. The number of fused-ring (bicyclic) bond motifs is 1. The van der Waals surface area contributed by atoms with E-state index in [2.05, 4.69) is 15.9 Å². The zero-order chi connectivity index (χ0) is 10.8. The first-order chi connectivity index (χ1) is 7.26. The summed E-state index contributed by atoms with van der Waals surface area (Å²) >= 11 is 3.51. The molecule has 0 N–H and O–H groups in total. The minimum Gasteiger partial charge on any atom is -0.493 e. The first-order valence-electron chi connectivity index (χ1n) is 4.56. The molecule has 0 aromatic heterocycles. The highest BCUT2D eigenvalue weighted by Crippen LogP contribution is 2.35. The lowest BCUT2D eigenvalue weighted by Crippen LogP contribution is -1.90. The lowest BCUT2D eigenvalue weighted by Gasteiger charge is -2.09. The van der Waals surface area contributed by atoms with Crippen LogP contribution in [0, 0.1) is 0 Å². The van der Waals surface area contributed by atoms with E-state index in [1.54, 1.807) is 14.2 Å². The molecule has 0 fully saturated rings. The van der Waals surface area contributed by atoms with Gasteiger partial charge >= 0.3 is 0 Å². The topological polar surface area (TPSA) is 18.5 Å². The fourth-order valence-corrected chi connectivity index (χ4v) is 2.06. The Balaban J connectivity index is 2.75. The van der Waals surface area contributed by atoms with Crippen molar-refractivity contribution in [3.63, 3.8) is 0 Å². The van der Waals surface area contributed by atoms with Crippen molar-refractivity contribution < 1.29 is 9.47 Å². The zero-order valence-electron chi connectivity index (χ0n) is 8.58. The van der Waals surface area contributed by atoms with Crippen LogP contribution >= 0.6 is 15.9 Å². The van der Waals surface area contributed by atoms with Crippen LogP contribution in [0.2, 0.25) is 0 Å². The third-order valence-corrected chi connectivity index (χ3v) is 3.02. The number of rotatable bonds is 2. The normalized spacial score (nSPS) is 10.3. The third kappa shape index (κ3) is 1.79. The number of halogens is 1. The summed E-state index contributed by atoms with van der Waals surface area (Å²) in [5.41, 5.74) is 0. The maximum atomic E-state index is 5.25. The molecule has 0 bridgehead atoms. The Morgan fingerprint density at radius 1 is 1.00 bits per heavy atom. The van der Waals surface area contributed by atoms with Crippen LogP contribution in [0.1, 0.15) is 0 Å². The quantitative estimate of drug-likeness (QED) is 0.827. The van der Waals surface area contributed by atoms with Crippen LogP contribution < -0.4 is 9.47 Å². The molecule has 3 heteroatoms. The van der Waals surface area contributed by atoms with Crippen LogP contribution in [0.15, 0.2) is 34.8 Å². The fraction of sp³-hybridized carbons (Fsp3) is 0.167. The van der Waals surface area contributed by atoms with Crippen molar-refractivity contribution in [3.8, 4) is 11.5 Å². The second-order valence-electron chi connectivity index (χ2n) is 3.17. The van der Waals surface area contributed by atoms with Gasteiger partial charge < -0.3 is 9.47 Å². The molecule has 0 spiro atoms. The Hall–Kier alpha value is -1.22. The molecule has 78 valence electrons. The minimum atomic E-state index is 0.747. The molecule has 2 nitrogen and oxygen atoms in total. The smallest absolute Gasteiger partial charge is 0.161 e. The molecule has 0 heterocycles. The monoisotopic (exact) mass is 266 g/mol. The first-order valence-corrected chi connectivity index (χ1v) is 5.36. The summed E-state index contributed by atoms with van der Waals surface area (Å²) in [7, 11) is 3.28. The molecular formula is C12H11BrO2. The van der Waals surface area contributed by atoms with Gasteiger partial charge in [-0.2, -0.15) is 0 Å². The van der Waals surface area contributed by atoms with Gasteiger partial charge in [0.05, 0.1) is 14.2 Å². The lowest BCUT2D eigenvalue weighted by atomic mass is 10.1. The summed E-state index contributed by atoms with van der Waals surface area (Å²) in [5.74, 6) is 1.50. The predicted molar refractivity (Wildman–Crippen MR) is 64.8 cm³/mol. The summed E-state index contributed by atoms with van der Waals surface area (Å²) in [6.07, 6.45) is 0. The summed E-state index contributed by atoms with van der Waals surface area (Å²) < 4.78 is 11.6. The standard InChI is InChI=1S/C12H11BrO2/c1-14-11-6-8-4-3-5-10(13)9(8)7-12(11)15-2/h3-7H,1-2H3. The van der Waals surface area contributed by atoms with E-state index >= 15 is 0 Å². The van der Waals surface area contributed by atoms with Crippen molar-refractivity contribution in [2.75, 3.05) is 14.2 Å². The van der Waals surface area contributed by atoms with E-state index < -0.39 is 0 Å². The average molecular weight is 267 g/mol. The van der Waals surface area contributed by atoms with Crippen molar-refractivity contribution in [1.82, 2.24) is 0 Å². The maximum absolute atomic E-state index is 5.25. The Labute approximate surface area is 96.9 Å². The highest BCUT2D eigenvalue weighted by Gasteiger charge is 2.06. The third-order valence-electron chi connectivity index (χ3n) is 2.33. The molecule has 0 saturated carbocycles. The summed E-state index contributed by atoms with van der Waals surface area (Å²) in [5, 5.41) is 2.25. The Morgan fingerprint density at radius 2 is 1.67 bits per heavy atom. The molecule has 0 unspecified atom stereocenters. The number of benzene rings is 2. The molecule has 0 saturated heterocycles. The van der Waals surface area contributed by atoms with Gasteiger partial charge in [-0.15, -0.1) is 0 Å². The molecule has 0 radical (unpaired) electrons. The summed E-state index contributed by atoms with van der Waals surface area (Å²) in [6.45, 7) is 0. The molecule has 2 aromatic rings. The molecule has 15 heavy (non-hydrogen) atoms. The fourth-order valence-electron chi connectivity index (χ4n) is 1.57. The van der Waals surface area contributed by atoms with Gasteiger partial charge in [0.2, 0.25) is 0 Å². The van der Waals surface area contributed by atoms with E-state index in [-0.39, 0.29) is 0 Å². The number of hydrogen-bond donors (Lipinski definition) is 0. The van der Waals surface area contributed by atoms with Gasteiger partial charge in [0.15, 0.2) is 11.5 Å². The van der Waals surface area contributed by atoms with Gasteiger partial charge in [-0.25, -0.2) is 0 Å². The second-order valence-corrected chi connectivity index (χ2v) is 4.02. The van der Waals surface area contributed by atoms with Crippen LogP contribution in [0.5, 0.6) is 11.5 Å². The maximum Gasteiger partial charge on any atom is 0.161 e. The van der Waals surface area contributed by atoms with Gasteiger partial charge in [0.1, 0.15) is 0 Å². The first kappa shape index (κ1) is 10.3. The van der Waals surface area contributed by atoms with Gasteiger partial charge in [0, 0.05) is 4.47 Å². The van der Waals surface area contributed by atoms with Crippen molar-refractivity contribution in [1.29, 1.82) is 0 Å². The average Bonchev–Trinajstić information content (AvgIpc) is 2.28. The SMILES string of the molecule is COc1cc2cccc(Br)c2cc1OC. The molecular weight excluding hydrogens is 256 g/mol. The summed E-state index contributed by atoms with van der Waals surface area (Å²) in [6, 6.07) is 9.99. The number of methoxy groups -OCH3 is 2. The molecule has 0 aliphatic carbocycles. The van der Waals surface area contributed by atoms with E-state index in [0.717, 1.165) is 26.7 Å². The molecule has 2 aromatic carbocycles. The van der Waals surface area contributed by atoms with Crippen LogP contribution in [-0.2, 0) is 0 Å². The number of ether oxygens (including phenoxy) is 2. The van der Waals surface area contributed by atoms with Crippen LogP contribution in [0.3, 0.4) is 0 Å². The van der Waals surface area contributed by atoms with Gasteiger partial charge in [-0.1, -0.05) is 28.1 Å².